The molecule has 0 aromatic carbocycles. The molecule has 1 fully saturated rings. The summed E-state index contributed by atoms with van der Waals surface area (Å²) in [5, 5.41) is 1.93. The summed E-state index contributed by atoms with van der Waals surface area (Å²) in [5.74, 6) is 0.954. The number of thiophene rings is 1. The van der Waals surface area contributed by atoms with Crippen molar-refractivity contribution in [3.05, 3.63) is 49.1 Å². The lowest BCUT2D eigenvalue weighted by Gasteiger charge is -2.23. The highest BCUT2D eigenvalue weighted by Gasteiger charge is 2.29. The summed E-state index contributed by atoms with van der Waals surface area (Å²) in [4.78, 5) is 48.0. The second kappa shape index (κ2) is 9.32. The zero-order valence-electron chi connectivity index (χ0n) is 18.1. The number of aryl methyl sites for hydroxylation is 2. The Morgan fingerprint density at radius 3 is 2.84 bits per heavy atom. The lowest BCUT2D eigenvalue weighted by atomic mass is 10.1. The van der Waals surface area contributed by atoms with Gasteiger partial charge < -0.3 is 4.57 Å². The van der Waals surface area contributed by atoms with E-state index in [1.807, 2.05) is 29.0 Å². The van der Waals surface area contributed by atoms with Crippen LogP contribution in [0.1, 0.15) is 61.4 Å². The summed E-state index contributed by atoms with van der Waals surface area (Å²) in [7, 11) is 0. The fraction of sp³-hybridized carbons (Fsp3) is 0.545. The first-order valence-corrected chi connectivity index (χ1v) is 11.9. The third kappa shape index (κ3) is 4.29. The van der Waals surface area contributed by atoms with Gasteiger partial charge >= 0.3 is 5.69 Å². The maximum absolute atomic E-state index is 12.6. The molecule has 1 unspecified atom stereocenters. The Morgan fingerprint density at radius 1 is 1.29 bits per heavy atom. The number of hydrogen-bond acceptors (Lipinski definition) is 6. The molecule has 0 spiro atoms. The Morgan fingerprint density at radius 2 is 2.13 bits per heavy atom. The number of nitrogens with zero attached hydrogens (tertiary/aromatic N) is 4. The molecule has 4 heterocycles. The lowest BCUT2D eigenvalue weighted by molar-refractivity contribution is 0.0941. The molecule has 3 aromatic heterocycles. The average molecular weight is 444 g/mol. The number of hydrogen-bond donors (Lipinski definition) is 1. The van der Waals surface area contributed by atoms with E-state index in [4.69, 9.17) is 4.98 Å². The van der Waals surface area contributed by atoms with E-state index in [9.17, 15) is 14.4 Å². The lowest BCUT2D eigenvalue weighted by Crippen LogP contribution is -2.32. The molecule has 1 aliphatic heterocycles. The van der Waals surface area contributed by atoms with Crippen molar-refractivity contribution in [3.63, 3.8) is 0 Å². The van der Waals surface area contributed by atoms with E-state index >= 15 is 0 Å². The highest BCUT2D eigenvalue weighted by atomic mass is 32.1. The van der Waals surface area contributed by atoms with Gasteiger partial charge in [-0.05, 0) is 44.2 Å². The highest BCUT2D eigenvalue weighted by Crippen LogP contribution is 2.25. The number of imidazole rings is 1. The average Bonchev–Trinajstić information content (AvgIpc) is 3.48. The quantitative estimate of drug-likeness (QED) is 0.513. The monoisotopic (exact) mass is 443 g/mol. The molecule has 9 heteroatoms. The van der Waals surface area contributed by atoms with Crippen LogP contribution >= 0.6 is 11.3 Å². The van der Waals surface area contributed by atoms with Gasteiger partial charge in [0, 0.05) is 25.6 Å². The Hall–Kier alpha value is -2.52. The van der Waals surface area contributed by atoms with Crippen molar-refractivity contribution in [2.24, 2.45) is 0 Å². The summed E-state index contributed by atoms with van der Waals surface area (Å²) in [5.41, 5.74) is 0.126. The third-order valence-electron chi connectivity index (χ3n) is 6.08. The van der Waals surface area contributed by atoms with Crippen LogP contribution in [0, 0.1) is 0 Å². The molecule has 0 aliphatic carbocycles. The van der Waals surface area contributed by atoms with Crippen molar-refractivity contribution in [2.45, 2.75) is 71.6 Å². The summed E-state index contributed by atoms with van der Waals surface area (Å²) in [6.45, 7) is 6.63. The van der Waals surface area contributed by atoms with E-state index in [-0.39, 0.29) is 17.4 Å². The summed E-state index contributed by atoms with van der Waals surface area (Å²) >= 11 is 1.48. The minimum Gasteiger partial charge on any atom is -0.321 e. The van der Waals surface area contributed by atoms with Crippen LogP contribution in [0.25, 0.3) is 11.2 Å². The van der Waals surface area contributed by atoms with Crippen LogP contribution in [-0.2, 0) is 19.6 Å². The van der Waals surface area contributed by atoms with Crippen molar-refractivity contribution < 1.29 is 4.79 Å². The second-order valence-corrected chi connectivity index (χ2v) is 9.03. The topological polar surface area (TPSA) is 93.0 Å². The SMILES string of the molecule is CCCCn1c(=O)[nH]c(=O)c2c1nc(CN1CCCC1CC(=O)c1cccs1)n2CC. The number of aromatic amines is 1. The van der Waals surface area contributed by atoms with Gasteiger partial charge in [-0.15, -0.1) is 11.3 Å². The molecule has 31 heavy (non-hydrogen) atoms. The van der Waals surface area contributed by atoms with Gasteiger partial charge in [0.15, 0.2) is 16.9 Å². The fourth-order valence-electron chi connectivity index (χ4n) is 4.47. The first-order valence-electron chi connectivity index (χ1n) is 11.1. The van der Waals surface area contributed by atoms with Crippen LogP contribution in [0.4, 0.5) is 0 Å². The molecule has 0 saturated carbocycles. The van der Waals surface area contributed by atoms with Gasteiger partial charge in [0.05, 0.1) is 11.4 Å². The Kier molecular flexibility index (Phi) is 6.52. The number of fused-ring (bicyclic) bond motifs is 1. The fourth-order valence-corrected chi connectivity index (χ4v) is 5.15. The molecule has 166 valence electrons. The molecule has 0 amide bonds. The number of carbonyl (C=O) groups is 1. The summed E-state index contributed by atoms with van der Waals surface area (Å²) < 4.78 is 3.49. The Bertz CT molecular complexity index is 1170. The summed E-state index contributed by atoms with van der Waals surface area (Å²) in [6.07, 6.45) is 4.30. The minimum absolute atomic E-state index is 0.167. The number of aromatic nitrogens is 4. The minimum atomic E-state index is -0.404. The van der Waals surface area contributed by atoms with Crippen molar-refractivity contribution >= 4 is 28.3 Å². The standard InChI is InChI=1S/C22H29N5O3S/c1-3-5-11-27-20-19(21(29)24-22(27)30)26(4-2)18(23-20)14-25-10-6-8-15(25)13-16(28)17-9-7-12-31-17/h7,9,12,15H,3-6,8,10-11,13-14H2,1-2H3,(H,24,29,30). The van der Waals surface area contributed by atoms with Crippen LogP contribution in [-0.4, -0.2) is 42.4 Å². The Balaban J connectivity index is 1.64. The van der Waals surface area contributed by atoms with Gasteiger partial charge in [-0.25, -0.2) is 9.78 Å². The number of Topliss-reactive ketones (excluding diaryl/α,β-unsaturated/α-hetero) is 1. The van der Waals surface area contributed by atoms with E-state index in [0.717, 1.165) is 42.9 Å². The van der Waals surface area contributed by atoms with Crippen LogP contribution in [0.3, 0.4) is 0 Å². The van der Waals surface area contributed by atoms with E-state index in [1.165, 1.54) is 11.3 Å². The van der Waals surface area contributed by atoms with Gasteiger partial charge in [-0.3, -0.25) is 24.0 Å². The Labute approximate surface area is 184 Å². The van der Waals surface area contributed by atoms with Crippen molar-refractivity contribution in [3.8, 4) is 0 Å². The molecule has 1 N–H and O–H groups in total. The number of rotatable bonds is 9. The number of nitrogens with one attached hydrogen (secondary N) is 1. The van der Waals surface area contributed by atoms with Crippen molar-refractivity contribution in [1.82, 2.24) is 24.0 Å². The zero-order chi connectivity index (χ0) is 22.0. The van der Waals surface area contributed by atoms with Gasteiger partial charge in [-0.2, -0.15) is 0 Å². The van der Waals surface area contributed by atoms with E-state index in [2.05, 4.69) is 16.8 Å². The number of H-pyrrole nitrogens is 1. The van der Waals surface area contributed by atoms with E-state index in [1.54, 1.807) is 4.57 Å². The molecule has 3 aromatic rings. The van der Waals surface area contributed by atoms with Gasteiger partial charge in [0.1, 0.15) is 5.82 Å². The van der Waals surface area contributed by atoms with Crippen molar-refractivity contribution in [1.29, 1.82) is 0 Å². The highest BCUT2D eigenvalue weighted by molar-refractivity contribution is 7.12. The smallest absolute Gasteiger partial charge is 0.321 e. The van der Waals surface area contributed by atoms with Crippen LogP contribution in [0.5, 0.6) is 0 Å². The molecule has 8 nitrogen and oxygen atoms in total. The molecular weight excluding hydrogens is 414 g/mol. The molecule has 0 radical (unpaired) electrons. The maximum atomic E-state index is 12.6. The zero-order valence-corrected chi connectivity index (χ0v) is 18.9. The van der Waals surface area contributed by atoms with Gasteiger partial charge in [-0.1, -0.05) is 19.4 Å². The first kappa shape index (κ1) is 21.7. The molecule has 1 atom stereocenters. The largest absolute Gasteiger partial charge is 0.330 e. The third-order valence-corrected chi connectivity index (χ3v) is 6.99. The van der Waals surface area contributed by atoms with Crippen LogP contribution in [0.2, 0.25) is 0 Å². The van der Waals surface area contributed by atoms with Crippen molar-refractivity contribution in [2.75, 3.05) is 6.54 Å². The maximum Gasteiger partial charge on any atom is 0.330 e. The molecular formula is C22H29N5O3S. The van der Waals surface area contributed by atoms with E-state index < -0.39 is 5.69 Å². The molecule has 1 saturated heterocycles. The van der Waals surface area contributed by atoms with Gasteiger partial charge in [0.25, 0.3) is 5.56 Å². The molecule has 4 rings (SSSR count). The number of carbonyl (C=O) groups excluding carboxylic acids is 1. The summed E-state index contributed by atoms with van der Waals surface area (Å²) in [6, 6.07) is 3.95. The predicted octanol–water partition coefficient (Wildman–Crippen LogP) is 3.01. The molecule has 0 bridgehead atoms. The van der Waals surface area contributed by atoms with Crippen LogP contribution < -0.4 is 11.2 Å². The first-order chi connectivity index (χ1) is 15.0. The number of ketones is 1. The van der Waals surface area contributed by atoms with E-state index in [0.29, 0.717) is 37.2 Å². The molecule has 1 aliphatic rings. The van der Waals surface area contributed by atoms with Gasteiger partial charge in [0.2, 0.25) is 0 Å². The van der Waals surface area contributed by atoms with Crippen LogP contribution in [0.15, 0.2) is 27.1 Å². The second-order valence-electron chi connectivity index (χ2n) is 8.08. The number of unbranched alkanes of at least 4 members (excludes halogenated alkanes) is 1. The normalized spacial score (nSPS) is 17.0. The predicted molar refractivity (Wildman–Crippen MR) is 122 cm³/mol. The number of likely N-dealkylation sites (tertiary alicyclic amines) is 1.